The number of aryl methyl sites for hydroxylation is 1. The quantitative estimate of drug-likeness (QED) is 0.807. The third-order valence-corrected chi connectivity index (χ3v) is 2.51. The largest absolute Gasteiger partial charge is 0.378 e. The highest BCUT2D eigenvalue weighted by atomic mass is 16.5. The second-order valence-corrected chi connectivity index (χ2v) is 3.61. The smallest absolute Gasteiger partial charge is 0.322 e. The Balaban J connectivity index is 1.90. The van der Waals surface area contributed by atoms with Gasteiger partial charge in [0.1, 0.15) is 0 Å². The summed E-state index contributed by atoms with van der Waals surface area (Å²) >= 11 is 0. The van der Waals surface area contributed by atoms with Crippen LogP contribution in [0.25, 0.3) is 0 Å². The Hall–Kier alpha value is -1.56. The van der Waals surface area contributed by atoms with Crippen LogP contribution in [-0.4, -0.2) is 47.0 Å². The first-order valence-electron chi connectivity index (χ1n) is 5.45. The number of hydrogen-bond donors (Lipinski definition) is 1. The zero-order valence-corrected chi connectivity index (χ0v) is 9.35. The van der Waals surface area contributed by atoms with Crippen LogP contribution in [-0.2, 0) is 11.3 Å². The second kappa shape index (κ2) is 4.98. The highest BCUT2D eigenvalue weighted by Gasteiger charge is 2.16. The van der Waals surface area contributed by atoms with Crippen molar-refractivity contribution in [2.75, 3.05) is 31.6 Å². The van der Waals surface area contributed by atoms with Crippen molar-refractivity contribution in [3.05, 3.63) is 12.4 Å². The van der Waals surface area contributed by atoms with Gasteiger partial charge in [-0.05, 0) is 6.92 Å². The van der Waals surface area contributed by atoms with Gasteiger partial charge in [0, 0.05) is 25.8 Å². The summed E-state index contributed by atoms with van der Waals surface area (Å²) in [5, 5.41) is 6.91. The normalized spacial score (nSPS) is 16.2. The molecule has 2 heterocycles. The van der Waals surface area contributed by atoms with Crippen molar-refractivity contribution in [2.45, 2.75) is 13.5 Å². The topological polar surface area (TPSA) is 59.4 Å². The molecule has 0 atom stereocenters. The maximum absolute atomic E-state index is 11.8. The van der Waals surface area contributed by atoms with Gasteiger partial charge in [0.25, 0.3) is 0 Å². The maximum Gasteiger partial charge on any atom is 0.322 e. The molecule has 16 heavy (non-hydrogen) atoms. The lowest BCUT2D eigenvalue weighted by molar-refractivity contribution is 0.0564. The van der Waals surface area contributed by atoms with Crippen LogP contribution in [0.2, 0.25) is 0 Å². The van der Waals surface area contributed by atoms with Crippen molar-refractivity contribution in [3.8, 4) is 0 Å². The van der Waals surface area contributed by atoms with Crippen LogP contribution in [0.3, 0.4) is 0 Å². The van der Waals surface area contributed by atoms with Crippen LogP contribution in [0.15, 0.2) is 12.4 Å². The summed E-state index contributed by atoms with van der Waals surface area (Å²) in [6.07, 6.45) is 3.47. The molecule has 1 saturated heterocycles. The minimum atomic E-state index is -0.0843. The highest BCUT2D eigenvalue weighted by molar-refractivity contribution is 5.89. The molecule has 0 unspecified atom stereocenters. The summed E-state index contributed by atoms with van der Waals surface area (Å²) in [5.41, 5.74) is 0.735. The molecule has 1 N–H and O–H groups in total. The third-order valence-electron chi connectivity index (χ3n) is 2.51. The number of amides is 2. The first kappa shape index (κ1) is 10.9. The Kier molecular flexibility index (Phi) is 3.40. The second-order valence-electron chi connectivity index (χ2n) is 3.61. The molecular formula is C10H16N4O2. The molecular weight excluding hydrogens is 208 g/mol. The summed E-state index contributed by atoms with van der Waals surface area (Å²) in [4.78, 5) is 13.5. The number of morpholine rings is 1. The predicted octanol–water partition coefficient (Wildman–Crippen LogP) is 0.767. The Morgan fingerprint density at radius 2 is 2.31 bits per heavy atom. The average molecular weight is 224 g/mol. The van der Waals surface area contributed by atoms with Gasteiger partial charge in [-0.25, -0.2) is 4.79 Å². The molecule has 1 aliphatic rings. The van der Waals surface area contributed by atoms with Gasteiger partial charge in [-0.2, -0.15) is 5.10 Å². The predicted molar refractivity (Wildman–Crippen MR) is 59.3 cm³/mol. The fraction of sp³-hybridized carbons (Fsp3) is 0.600. The minimum Gasteiger partial charge on any atom is -0.378 e. The van der Waals surface area contributed by atoms with E-state index in [1.54, 1.807) is 15.8 Å². The van der Waals surface area contributed by atoms with E-state index in [0.29, 0.717) is 26.3 Å². The van der Waals surface area contributed by atoms with Crippen LogP contribution >= 0.6 is 0 Å². The number of hydrogen-bond acceptors (Lipinski definition) is 3. The SMILES string of the molecule is CCn1cc(NC(=O)N2CCOCC2)cn1. The van der Waals surface area contributed by atoms with Crippen LogP contribution < -0.4 is 5.32 Å². The third kappa shape index (κ3) is 2.52. The number of ether oxygens (including phenoxy) is 1. The lowest BCUT2D eigenvalue weighted by Crippen LogP contribution is -2.43. The maximum atomic E-state index is 11.8. The van der Waals surface area contributed by atoms with Gasteiger partial charge in [-0.1, -0.05) is 0 Å². The minimum absolute atomic E-state index is 0.0843. The molecule has 88 valence electrons. The van der Waals surface area contributed by atoms with Gasteiger partial charge in [-0.3, -0.25) is 4.68 Å². The van der Waals surface area contributed by atoms with E-state index >= 15 is 0 Å². The average Bonchev–Trinajstić information content (AvgIpc) is 2.78. The van der Waals surface area contributed by atoms with Crippen molar-refractivity contribution in [3.63, 3.8) is 0 Å². The van der Waals surface area contributed by atoms with Gasteiger partial charge in [-0.15, -0.1) is 0 Å². The Morgan fingerprint density at radius 3 is 2.94 bits per heavy atom. The van der Waals surface area contributed by atoms with E-state index in [0.717, 1.165) is 12.2 Å². The molecule has 0 aliphatic carbocycles. The molecule has 0 aromatic carbocycles. The first-order valence-corrected chi connectivity index (χ1v) is 5.45. The van der Waals surface area contributed by atoms with Crippen LogP contribution in [0.4, 0.5) is 10.5 Å². The molecule has 0 bridgehead atoms. The monoisotopic (exact) mass is 224 g/mol. The van der Waals surface area contributed by atoms with Gasteiger partial charge in [0.15, 0.2) is 0 Å². The van der Waals surface area contributed by atoms with Crippen LogP contribution in [0.1, 0.15) is 6.92 Å². The Morgan fingerprint density at radius 1 is 1.56 bits per heavy atom. The standard InChI is InChI=1S/C10H16N4O2/c1-2-14-8-9(7-11-14)12-10(15)13-3-5-16-6-4-13/h7-8H,2-6H2,1H3,(H,12,15). The van der Waals surface area contributed by atoms with E-state index in [1.807, 2.05) is 13.1 Å². The lowest BCUT2D eigenvalue weighted by atomic mass is 10.4. The van der Waals surface area contributed by atoms with Crippen LogP contribution in [0.5, 0.6) is 0 Å². The molecule has 2 rings (SSSR count). The molecule has 6 heteroatoms. The van der Waals surface area contributed by atoms with Gasteiger partial charge < -0.3 is 15.0 Å². The number of nitrogens with one attached hydrogen (secondary N) is 1. The van der Waals surface area contributed by atoms with Gasteiger partial charge in [0.2, 0.25) is 0 Å². The van der Waals surface area contributed by atoms with Crippen molar-refractivity contribution >= 4 is 11.7 Å². The summed E-state index contributed by atoms with van der Waals surface area (Å²) in [5.74, 6) is 0. The number of anilines is 1. The number of urea groups is 1. The van der Waals surface area contributed by atoms with E-state index in [9.17, 15) is 4.79 Å². The molecule has 6 nitrogen and oxygen atoms in total. The van der Waals surface area contributed by atoms with Gasteiger partial charge in [0.05, 0.1) is 25.1 Å². The lowest BCUT2D eigenvalue weighted by Gasteiger charge is -2.26. The summed E-state index contributed by atoms with van der Waals surface area (Å²) < 4.78 is 6.96. The van der Waals surface area contributed by atoms with E-state index in [1.165, 1.54) is 0 Å². The zero-order chi connectivity index (χ0) is 11.4. The number of aromatic nitrogens is 2. The fourth-order valence-corrected chi connectivity index (χ4v) is 1.57. The molecule has 2 amide bonds. The molecule has 1 aromatic heterocycles. The van der Waals surface area contributed by atoms with E-state index in [2.05, 4.69) is 10.4 Å². The van der Waals surface area contributed by atoms with Crippen molar-refractivity contribution < 1.29 is 9.53 Å². The Labute approximate surface area is 94.2 Å². The van der Waals surface area contributed by atoms with Crippen molar-refractivity contribution in [1.29, 1.82) is 0 Å². The highest BCUT2D eigenvalue weighted by Crippen LogP contribution is 2.07. The van der Waals surface area contributed by atoms with Gasteiger partial charge >= 0.3 is 6.03 Å². The zero-order valence-electron chi connectivity index (χ0n) is 9.35. The van der Waals surface area contributed by atoms with E-state index in [-0.39, 0.29) is 6.03 Å². The number of carbonyl (C=O) groups is 1. The number of rotatable bonds is 2. The molecule has 1 aliphatic heterocycles. The molecule has 0 saturated carbocycles. The number of carbonyl (C=O) groups excluding carboxylic acids is 1. The fourth-order valence-electron chi connectivity index (χ4n) is 1.57. The summed E-state index contributed by atoms with van der Waals surface area (Å²) in [6, 6.07) is -0.0843. The van der Waals surface area contributed by atoms with Crippen molar-refractivity contribution in [2.24, 2.45) is 0 Å². The summed E-state index contributed by atoms with van der Waals surface area (Å²) in [7, 11) is 0. The first-order chi connectivity index (χ1) is 7.79. The molecule has 0 spiro atoms. The van der Waals surface area contributed by atoms with Crippen molar-refractivity contribution in [1.82, 2.24) is 14.7 Å². The molecule has 0 radical (unpaired) electrons. The molecule has 1 aromatic rings. The number of nitrogens with zero attached hydrogens (tertiary/aromatic N) is 3. The molecule has 1 fully saturated rings. The van der Waals surface area contributed by atoms with E-state index < -0.39 is 0 Å². The van der Waals surface area contributed by atoms with E-state index in [4.69, 9.17) is 4.74 Å². The summed E-state index contributed by atoms with van der Waals surface area (Å²) in [6.45, 7) is 5.32. The Bertz CT molecular complexity index is 357. The van der Waals surface area contributed by atoms with Crippen LogP contribution in [0, 0.1) is 0 Å².